The van der Waals surface area contributed by atoms with Crippen LogP contribution in [0.2, 0.25) is 0 Å². The first-order valence-corrected chi connectivity index (χ1v) is 9.13. The molecule has 0 bridgehead atoms. The first-order chi connectivity index (χ1) is 9.88. The summed E-state index contributed by atoms with van der Waals surface area (Å²) in [7, 11) is -3.45. The van der Waals surface area contributed by atoms with E-state index >= 15 is 0 Å². The molecule has 21 heavy (non-hydrogen) atoms. The smallest absolute Gasteiger partial charge is 0.355 e. The van der Waals surface area contributed by atoms with Crippen molar-refractivity contribution in [2.45, 2.75) is 26.2 Å². The van der Waals surface area contributed by atoms with E-state index in [1.54, 1.807) is 0 Å². The summed E-state index contributed by atoms with van der Waals surface area (Å²) in [4.78, 5) is 14.6. The van der Waals surface area contributed by atoms with Crippen LogP contribution in [0.5, 0.6) is 0 Å². The van der Waals surface area contributed by atoms with Crippen LogP contribution >= 0.6 is 11.3 Å². The molecular formula is C12H19N3O4S2. The maximum Gasteiger partial charge on any atom is 0.355 e. The van der Waals surface area contributed by atoms with Crippen LogP contribution in [0.25, 0.3) is 0 Å². The number of thiazole rings is 1. The zero-order valence-electron chi connectivity index (χ0n) is 11.8. The highest BCUT2D eigenvalue weighted by atomic mass is 32.2. The minimum atomic E-state index is -3.45. The molecule has 2 rings (SSSR count). The van der Waals surface area contributed by atoms with Crippen molar-refractivity contribution in [1.29, 1.82) is 0 Å². The van der Waals surface area contributed by atoms with E-state index in [9.17, 15) is 13.2 Å². The van der Waals surface area contributed by atoms with Gasteiger partial charge in [0, 0.05) is 31.4 Å². The minimum absolute atomic E-state index is 0.00251. The summed E-state index contributed by atoms with van der Waals surface area (Å²) >= 11 is 1.22. The summed E-state index contributed by atoms with van der Waals surface area (Å²) in [5.74, 6) is -0.687. The van der Waals surface area contributed by atoms with Crippen molar-refractivity contribution < 1.29 is 18.3 Å². The SMILES string of the molecule is CC1CCCN(S(=O)(=O)NCCc2nc(C(=O)O)cs2)C1. The fraction of sp³-hybridized carbons (Fsp3) is 0.667. The quantitative estimate of drug-likeness (QED) is 0.807. The molecule has 1 unspecified atom stereocenters. The lowest BCUT2D eigenvalue weighted by Gasteiger charge is -2.29. The van der Waals surface area contributed by atoms with Gasteiger partial charge >= 0.3 is 5.97 Å². The Balaban J connectivity index is 1.85. The standard InChI is InChI=1S/C12H19N3O4S2/c1-9-3-2-6-15(7-9)21(18,19)13-5-4-11-14-10(8-20-11)12(16)17/h8-9,13H,2-7H2,1H3,(H,16,17). The molecule has 0 aliphatic carbocycles. The maximum atomic E-state index is 12.1. The number of rotatable bonds is 6. The zero-order chi connectivity index (χ0) is 15.5. The van der Waals surface area contributed by atoms with Crippen molar-refractivity contribution in [2.24, 2.45) is 5.92 Å². The van der Waals surface area contributed by atoms with Gasteiger partial charge in [-0.15, -0.1) is 11.3 Å². The molecule has 0 spiro atoms. The normalized spacial score (nSPS) is 20.5. The van der Waals surface area contributed by atoms with Gasteiger partial charge in [0.25, 0.3) is 10.2 Å². The van der Waals surface area contributed by atoms with E-state index in [0.29, 0.717) is 30.4 Å². The van der Waals surface area contributed by atoms with Crippen molar-refractivity contribution in [3.8, 4) is 0 Å². The highest BCUT2D eigenvalue weighted by Crippen LogP contribution is 2.17. The van der Waals surface area contributed by atoms with Gasteiger partial charge in [0.2, 0.25) is 0 Å². The summed E-state index contributed by atoms with van der Waals surface area (Å²) in [5.41, 5.74) is 0.00251. The van der Waals surface area contributed by atoms with Crippen LogP contribution in [0.1, 0.15) is 35.3 Å². The molecule has 118 valence electrons. The highest BCUT2D eigenvalue weighted by Gasteiger charge is 2.26. The molecule has 1 aliphatic heterocycles. The van der Waals surface area contributed by atoms with Gasteiger partial charge in [-0.05, 0) is 18.8 Å². The predicted octanol–water partition coefficient (Wildman–Crippen LogP) is 0.950. The van der Waals surface area contributed by atoms with Crippen LogP contribution in [0.3, 0.4) is 0 Å². The summed E-state index contributed by atoms with van der Waals surface area (Å²) < 4.78 is 28.3. The summed E-state index contributed by atoms with van der Waals surface area (Å²) in [6.45, 7) is 3.38. The molecule has 0 aromatic carbocycles. The third-order valence-corrected chi connectivity index (χ3v) is 5.84. The second kappa shape index (κ2) is 6.82. The molecule has 0 amide bonds. The number of piperidine rings is 1. The number of aromatic nitrogens is 1. The largest absolute Gasteiger partial charge is 0.476 e. The number of nitrogens with zero attached hydrogens (tertiary/aromatic N) is 2. The zero-order valence-corrected chi connectivity index (χ0v) is 13.4. The lowest BCUT2D eigenvalue weighted by Crippen LogP contribution is -2.46. The molecular weight excluding hydrogens is 314 g/mol. The topological polar surface area (TPSA) is 99.6 Å². The van der Waals surface area contributed by atoms with Gasteiger partial charge in [-0.25, -0.2) is 14.5 Å². The van der Waals surface area contributed by atoms with Gasteiger partial charge in [-0.3, -0.25) is 0 Å². The van der Waals surface area contributed by atoms with E-state index in [2.05, 4.69) is 9.71 Å². The molecule has 7 nitrogen and oxygen atoms in total. The molecule has 1 aromatic heterocycles. The minimum Gasteiger partial charge on any atom is -0.476 e. The van der Waals surface area contributed by atoms with E-state index in [4.69, 9.17) is 5.11 Å². The molecule has 1 fully saturated rings. The number of hydrogen-bond acceptors (Lipinski definition) is 5. The monoisotopic (exact) mass is 333 g/mol. The molecule has 9 heteroatoms. The van der Waals surface area contributed by atoms with E-state index in [0.717, 1.165) is 12.8 Å². The van der Waals surface area contributed by atoms with Gasteiger partial charge < -0.3 is 5.11 Å². The van der Waals surface area contributed by atoms with E-state index < -0.39 is 16.2 Å². The summed E-state index contributed by atoms with van der Waals surface area (Å²) in [6, 6.07) is 0. The van der Waals surface area contributed by atoms with Gasteiger partial charge in [0.05, 0.1) is 5.01 Å². The predicted molar refractivity (Wildman–Crippen MR) is 79.7 cm³/mol. The molecule has 2 heterocycles. The second-order valence-corrected chi connectivity index (χ2v) is 7.88. The molecule has 0 radical (unpaired) electrons. The van der Waals surface area contributed by atoms with Crippen LogP contribution in [-0.2, 0) is 16.6 Å². The van der Waals surface area contributed by atoms with Gasteiger partial charge in [0.1, 0.15) is 0 Å². The average Bonchev–Trinajstić information content (AvgIpc) is 2.87. The van der Waals surface area contributed by atoms with E-state index in [1.165, 1.54) is 21.0 Å². The Morgan fingerprint density at radius 3 is 3.00 bits per heavy atom. The van der Waals surface area contributed by atoms with Crippen LogP contribution in [0.15, 0.2) is 5.38 Å². The van der Waals surface area contributed by atoms with Crippen LogP contribution < -0.4 is 4.72 Å². The van der Waals surface area contributed by atoms with Crippen LogP contribution in [0.4, 0.5) is 0 Å². The number of carboxylic acids is 1. The number of carboxylic acid groups (broad SMARTS) is 1. The molecule has 1 saturated heterocycles. The van der Waals surface area contributed by atoms with E-state index in [1.807, 2.05) is 6.92 Å². The Kier molecular flexibility index (Phi) is 5.31. The first kappa shape index (κ1) is 16.3. The number of nitrogens with one attached hydrogen (secondary N) is 1. The van der Waals surface area contributed by atoms with Crippen molar-refractivity contribution in [3.63, 3.8) is 0 Å². The third kappa shape index (κ3) is 4.47. The van der Waals surface area contributed by atoms with Crippen molar-refractivity contribution in [3.05, 3.63) is 16.1 Å². The maximum absolute atomic E-state index is 12.1. The number of carbonyl (C=O) groups is 1. The molecule has 1 aliphatic rings. The van der Waals surface area contributed by atoms with Crippen molar-refractivity contribution in [1.82, 2.24) is 14.0 Å². The number of aromatic carboxylic acids is 1. The first-order valence-electron chi connectivity index (χ1n) is 6.81. The van der Waals surface area contributed by atoms with Crippen LogP contribution in [0, 0.1) is 5.92 Å². The van der Waals surface area contributed by atoms with Gasteiger partial charge in [-0.2, -0.15) is 12.7 Å². The van der Waals surface area contributed by atoms with Crippen molar-refractivity contribution in [2.75, 3.05) is 19.6 Å². The van der Waals surface area contributed by atoms with Crippen molar-refractivity contribution >= 4 is 27.5 Å². The fourth-order valence-corrected chi connectivity index (χ4v) is 4.40. The third-order valence-electron chi connectivity index (χ3n) is 3.35. The Labute approximate surface area is 128 Å². The average molecular weight is 333 g/mol. The second-order valence-electron chi connectivity index (χ2n) is 5.19. The molecule has 1 aromatic rings. The lowest BCUT2D eigenvalue weighted by molar-refractivity contribution is 0.0691. The molecule has 1 atom stereocenters. The Morgan fingerprint density at radius 1 is 1.62 bits per heavy atom. The lowest BCUT2D eigenvalue weighted by atomic mass is 10.0. The summed E-state index contributed by atoms with van der Waals surface area (Å²) in [6.07, 6.45) is 2.33. The highest BCUT2D eigenvalue weighted by molar-refractivity contribution is 7.87. The van der Waals surface area contributed by atoms with E-state index in [-0.39, 0.29) is 12.2 Å². The van der Waals surface area contributed by atoms with Gasteiger partial charge in [0.15, 0.2) is 5.69 Å². The molecule has 0 saturated carbocycles. The Bertz CT molecular complexity index is 599. The Hall–Kier alpha value is -1.03. The number of hydrogen-bond donors (Lipinski definition) is 2. The Morgan fingerprint density at radius 2 is 2.38 bits per heavy atom. The fourth-order valence-electron chi connectivity index (χ4n) is 2.27. The van der Waals surface area contributed by atoms with Crippen LogP contribution in [-0.4, -0.2) is 48.4 Å². The summed E-state index contributed by atoms with van der Waals surface area (Å²) in [5, 5.41) is 10.8. The molecule has 2 N–H and O–H groups in total. The van der Waals surface area contributed by atoms with Gasteiger partial charge in [-0.1, -0.05) is 6.92 Å².